The molecule has 2 aromatic carbocycles. The van der Waals surface area contributed by atoms with Crippen molar-refractivity contribution in [1.82, 2.24) is 15.2 Å². The molecule has 3 N–H and O–H groups in total. The van der Waals surface area contributed by atoms with E-state index in [1.165, 1.54) is 25.0 Å². The molecule has 0 spiro atoms. The number of aromatic nitrogens is 1. The van der Waals surface area contributed by atoms with Crippen molar-refractivity contribution >= 4 is 62.2 Å². The Labute approximate surface area is 261 Å². The first-order chi connectivity index (χ1) is 20.5. The normalized spacial score (nSPS) is 19.3. The van der Waals surface area contributed by atoms with Crippen molar-refractivity contribution in [3.05, 3.63) is 80.1 Å². The largest absolute Gasteiger partial charge is 0.359 e. The van der Waals surface area contributed by atoms with Crippen LogP contribution in [-0.2, 0) is 31.6 Å². The van der Waals surface area contributed by atoms with Gasteiger partial charge in [0.2, 0.25) is 5.91 Å². The number of fused-ring (bicyclic) bond motifs is 1. The van der Waals surface area contributed by atoms with Gasteiger partial charge in [0.1, 0.15) is 0 Å². The Hall–Kier alpha value is -3.11. The molecule has 1 atom stereocenters. The van der Waals surface area contributed by atoms with Gasteiger partial charge in [-0.15, -0.1) is 0 Å². The molecule has 8 nitrogen and oxygen atoms in total. The van der Waals surface area contributed by atoms with Crippen LogP contribution in [0.5, 0.6) is 0 Å². The molecule has 3 aliphatic rings. The molecule has 11 heteroatoms. The molecule has 1 aromatic heterocycles. The fraction of sp³-hybridized carbons (Fsp3) is 0.375. The van der Waals surface area contributed by atoms with Crippen molar-refractivity contribution in [3.8, 4) is 0 Å². The lowest BCUT2D eigenvalue weighted by Gasteiger charge is -2.25. The summed E-state index contributed by atoms with van der Waals surface area (Å²) in [7, 11) is -3.83. The lowest BCUT2D eigenvalue weighted by molar-refractivity contribution is -0.131. The Morgan fingerprint density at radius 3 is 2.56 bits per heavy atom. The van der Waals surface area contributed by atoms with E-state index >= 15 is 0 Å². The Morgan fingerprint density at radius 2 is 1.84 bits per heavy atom. The molecule has 6 rings (SSSR count). The number of benzene rings is 2. The summed E-state index contributed by atoms with van der Waals surface area (Å²) in [6.45, 7) is 5.49. The number of nitrogens with zero attached hydrogens (tertiary/aromatic N) is 1. The number of aromatic amines is 1. The molecule has 0 unspecified atom stereocenters. The maximum atomic E-state index is 13.4. The molecule has 226 valence electrons. The minimum atomic E-state index is -3.83. The van der Waals surface area contributed by atoms with E-state index in [1.54, 1.807) is 30.3 Å². The summed E-state index contributed by atoms with van der Waals surface area (Å²) in [5.74, 6) is -0.584. The maximum Gasteiger partial charge on any atom is 0.256 e. The molecule has 2 amide bonds. The smallest absolute Gasteiger partial charge is 0.256 e. The molecule has 3 aromatic rings. The van der Waals surface area contributed by atoms with Crippen molar-refractivity contribution in [2.75, 3.05) is 18.4 Å². The van der Waals surface area contributed by atoms with Gasteiger partial charge in [0.25, 0.3) is 5.91 Å². The number of aryl methyl sites for hydroxylation is 1. The van der Waals surface area contributed by atoms with E-state index in [-0.39, 0.29) is 45.0 Å². The van der Waals surface area contributed by atoms with Crippen LogP contribution in [0.3, 0.4) is 0 Å². The molecule has 3 heterocycles. The van der Waals surface area contributed by atoms with Crippen molar-refractivity contribution in [3.63, 3.8) is 0 Å². The number of H-pyrrole nitrogens is 1. The van der Waals surface area contributed by atoms with Crippen LogP contribution in [0.15, 0.2) is 41.3 Å². The van der Waals surface area contributed by atoms with Crippen LogP contribution in [0.2, 0.25) is 10.0 Å². The minimum absolute atomic E-state index is 0.0617. The number of hydrogen-bond donors (Lipinski definition) is 3. The van der Waals surface area contributed by atoms with Gasteiger partial charge in [-0.2, -0.15) is 0 Å². The van der Waals surface area contributed by atoms with Crippen LogP contribution in [-0.4, -0.2) is 55.3 Å². The predicted octanol–water partition coefficient (Wildman–Crippen LogP) is 5.69. The lowest BCUT2D eigenvalue weighted by Crippen LogP contribution is -2.42. The molecule has 2 fully saturated rings. The fourth-order valence-electron chi connectivity index (χ4n) is 6.04. The third-order valence-electron chi connectivity index (χ3n) is 8.69. The molecule has 1 aliphatic carbocycles. The molecule has 1 saturated heterocycles. The van der Waals surface area contributed by atoms with E-state index < -0.39 is 9.84 Å². The Kier molecular flexibility index (Phi) is 8.19. The number of halogens is 2. The quantitative estimate of drug-likeness (QED) is 0.260. The molecular formula is C32H34Cl2N4O4S. The number of anilines is 1. The van der Waals surface area contributed by atoms with E-state index in [4.69, 9.17) is 23.2 Å². The first-order valence-electron chi connectivity index (χ1n) is 14.6. The third-order valence-corrected chi connectivity index (χ3v) is 11.0. The number of likely N-dealkylation sites (tertiary alicyclic amines) is 1. The van der Waals surface area contributed by atoms with Crippen molar-refractivity contribution in [2.45, 2.75) is 68.7 Å². The molecule has 0 bridgehead atoms. The highest BCUT2D eigenvalue weighted by Gasteiger charge is 2.32. The minimum Gasteiger partial charge on any atom is -0.359 e. The highest BCUT2D eigenvalue weighted by molar-refractivity contribution is 7.90. The highest BCUT2D eigenvalue weighted by atomic mass is 35.5. The zero-order chi connectivity index (χ0) is 30.5. The van der Waals surface area contributed by atoms with E-state index in [0.29, 0.717) is 34.1 Å². The summed E-state index contributed by atoms with van der Waals surface area (Å²) in [6.07, 6.45) is 6.49. The molecule has 43 heavy (non-hydrogen) atoms. The summed E-state index contributed by atoms with van der Waals surface area (Å²) >= 11 is 12.5. The highest BCUT2D eigenvalue weighted by Crippen LogP contribution is 2.37. The van der Waals surface area contributed by atoms with Crippen LogP contribution in [0, 0.1) is 13.8 Å². The topological polar surface area (TPSA) is 111 Å². The van der Waals surface area contributed by atoms with Crippen LogP contribution in [0.4, 0.5) is 5.69 Å². The number of carbonyl (C=O) groups excluding carboxylic acids is 2. The van der Waals surface area contributed by atoms with Crippen LogP contribution < -0.4 is 10.6 Å². The van der Waals surface area contributed by atoms with Gasteiger partial charge in [-0.3, -0.25) is 9.59 Å². The first-order valence-corrected chi connectivity index (χ1v) is 17.0. The number of carbonyl (C=O) groups is 2. The van der Waals surface area contributed by atoms with Gasteiger partial charge in [-0.1, -0.05) is 29.3 Å². The second kappa shape index (κ2) is 11.8. The number of sulfone groups is 1. The van der Waals surface area contributed by atoms with Crippen molar-refractivity contribution < 1.29 is 18.0 Å². The van der Waals surface area contributed by atoms with Gasteiger partial charge in [-0.25, -0.2) is 8.42 Å². The first kappa shape index (κ1) is 29.9. The molecule has 2 aliphatic heterocycles. The van der Waals surface area contributed by atoms with Crippen LogP contribution >= 0.6 is 23.2 Å². The SMILES string of the molecule is Cc1[nH]c(/C=C2\C(=O)Nc3ccc(S(=O)(=O)Cc4c(Cl)cccc4Cl)cc32)c(C)c1CC(=O)N1CCC[C@H]1CNC1CC1. The summed E-state index contributed by atoms with van der Waals surface area (Å²) in [6, 6.07) is 10.3. The molecule has 0 radical (unpaired) electrons. The fourth-order valence-corrected chi connectivity index (χ4v) is 8.16. The average Bonchev–Trinajstić information content (AvgIpc) is 3.49. The summed E-state index contributed by atoms with van der Waals surface area (Å²) in [4.78, 5) is 31.9. The second-order valence-corrected chi connectivity index (χ2v) is 14.5. The molecule has 1 saturated carbocycles. The van der Waals surface area contributed by atoms with E-state index in [9.17, 15) is 18.0 Å². The maximum absolute atomic E-state index is 13.4. The van der Waals surface area contributed by atoms with E-state index in [2.05, 4.69) is 15.6 Å². The van der Waals surface area contributed by atoms with Gasteiger partial charge < -0.3 is 20.5 Å². The van der Waals surface area contributed by atoms with E-state index in [1.807, 2.05) is 18.7 Å². The van der Waals surface area contributed by atoms with Crippen molar-refractivity contribution in [1.29, 1.82) is 0 Å². The number of rotatable bonds is 9. The van der Waals surface area contributed by atoms with Crippen molar-refractivity contribution in [2.24, 2.45) is 0 Å². The third kappa shape index (κ3) is 6.13. The van der Waals surface area contributed by atoms with Gasteiger partial charge in [0, 0.05) is 63.4 Å². The Morgan fingerprint density at radius 1 is 1.09 bits per heavy atom. The second-order valence-electron chi connectivity index (χ2n) is 11.7. The zero-order valence-corrected chi connectivity index (χ0v) is 26.4. The van der Waals surface area contributed by atoms with Crippen LogP contribution in [0.25, 0.3) is 11.6 Å². The summed E-state index contributed by atoms with van der Waals surface area (Å²) in [5.41, 5.74) is 5.09. The lowest BCUT2D eigenvalue weighted by atomic mass is 10.0. The zero-order valence-electron chi connectivity index (χ0n) is 24.1. The number of nitrogens with one attached hydrogen (secondary N) is 3. The van der Waals surface area contributed by atoms with Gasteiger partial charge in [0.15, 0.2) is 9.84 Å². The van der Waals surface area contributed by atoms with Crippen LogP contribution in [0.1, 0.15) is 59.3 Å². The standard InChI is InChI=1S/C32H34Cl2N4O4S/c1-18-23(15-31(39)38-12-4-5-21(38)16-35-20-8-9-20)19(2)36-30(18)14-25-24-13-22(10-11-29(24)37-32(25)40)43(41,42)17-26-27(33)6-3-7-28(26)34/h3,6-7,10-11,13-14,20-21,35-36H,4-5,8-9,12,15-17H2,1-2H3,(H,37,40)/b25-14-/t21-/m0/s1. The van der Waals surface area contributed by atoms with E-state index in [0.717, 1.165) is 42.8 Å². The van der Waals surface area contributed by atoms with Gasteiger partial charge >= 0.3 is 0 Å². The molecular weight excluding hydrogens is 607 g/mol. The monoisotopic (exact) mass is 640 g/mol. The van der Waals surface area contributed by atoms with Gasteiger partial charge in [0.05, 0.1) is 22.6 Å². The summed E-state index contributed by atoms with van der Waals surface area (Å²) < 4.78 is 26.8. The summed E-state index contributed by atoms with van der Waals surface area (Å²) in [5, 5.41) is 6.94. The number of hydrogen-bond acceptors (Lipinski definition) is 5. The van der Waals surface area contributed by atoms with Gasteiger partial charge in [-0.05, 0) is 87.1 Å². The predicted molar refractivity (Wildman–Crippen MR) is 170 cm³/mol. The average molecular weight is 642 g/mol. The Bertz CT molecular complexity index is 1740. The number of amides is 2. The Balaban J connectivity index is 1.25.